The molecule has 0 aliphatic rings. The summed E-state index contributed by atoms with van der Waals surface area (Å²) in [5.41, 5.74) is 1.85. The van der Waals surface area contributed by atoms with Crippen molar-refractivity contribution >= 4 is 51.1 Å². The van der Waals surface area contributed by atoms with Gasteiger partial charge >= 0.3 is 5.97 Å². The lowest BCUT2D eigenvalue weighted by Gasteiger charge is -2.00. The topological polar surface area (TPSA) is 66.0 Å². The van der Waals surface area contributed by atoms with Gasteiger partial charge in [-0.2, -0.15) is 11.3 Å². The molecular weight excluding hydrogens is 312 g/mol. The third-order valence-electron chi connectivity index (χ3n) is 3.00. The lowest BCUT2D eigenvalue weighted by atomic mass is 10.2. The van der Waals surface area contributed by atoms with E-state index in [1.807, 2.05) is 11.4 Å². The number of aromatic amines is 1. The highest BCUT2D eigenvalue weighted by Crippen LogP contribution is 2.30. The van der Waals surface area contributed by atoms with Crippen LogP contribution < -0.4 is 0 Å². The average molecular weight is 322 g/mol. The van der Waals surface area contributed by atoms with E-state index in [1.54, 1.807) is 18.3 Å². The summed E-state index contributed by atoms with van der Waals surface area (Å²) < 4.78 is 0.557. The molecule has 0 aromatic carbocycles. The van der Waals surface area contributed by atoms with Crippen LogP contribution in [0.15, 0.2) is 16.8 Å². The first-order valence-electron chi connectivity index (χ1n) is 5.83. The first-order chi connectivity index (χ1) is 9.56. The van der Waals surface area contributed by atoms with Crippen LogP contribution in [0.1, 0.15) is 26.6 Å². The molecule has 3 heterocycles. The summed E-state index contributed by atoms with van der Waals surface area (Å²) in [6.45, 7) is 1.77. The molecule has 0 fully saturated rings. The molecule has 0 atom stereocenters. The van der Waals surface area contributed by atoms with Gasteiger partial charge in [0, 0.05) is 11.8 Å². The van der Waals surface area contributed by atoms with E-state index in [0.717, 1.165) is 11.2 Å². The van der Waals surface area contributed by atoms with Crippen LogP contribution in [0, 0.1) is 11.6 Å². The minimum atomic E-state index is -0.931. The lowest BCUT2D eigenvalue weighted by molar-refractivity contribution is 0.0701. The van der Waals surface area contributed by atoms with Crippen LogP contribution in [0.3, 0.4) is 0 Å². The number of aromatic nitrogens is 2. The smallest absolute Gasteiger partial charge is 0.346 e. The van der Waals surface area contributed by atoms with Crippen molar-refractivity contribution in [1.82, 2.24) is 9.97 Å². The highest BCUT2D eigenvalue weighted by atomic mass is 32.1. The van der Waals surface area contributed by atoms with Crippen molar-refractivity contribution in [2.24, 2.45) is 0 Å². The Hall–Kier alpha value is -1.57. The fourth-order valence-electron chi connectivity index (χ4n) is 2.06. The second-order valence-corrected chi connectivity index (χ2v) is 6.55. The van der Waals surface area contributed by atoms with Crippen LogP contribution >= 0.6 is 34.9 Å². The van der Waals surface area contributed by atoms with E-state index in [0.29, 0.717) is 26.3 Å². The molecule has 102 valence electrons. The number of nitrogens with zero attached hydrogens (tertiary/aromatic N) is 1. The van der Waals surface area contributed by atoms with Gasteiger partial charge in [-0.05, 0) is 34.9 Å². The van der Waals surface area contributed by atoms with Gasteiger partial charge in [0.1, 0.15) is 20.2 Å². The molecule has 3 aromatic heterocycles. The molecule has 0 aliphatic heterocycles. The van der Waals surface area contributed by atoms with Gasteiger partial charge in [0.15, 0.2) is 0 Å². The van der Waals surface area contributed by atoms with Crippen molar-refractivity contribution in [3.63, 3.8) is 0 Å². The van der Waals surface area contributed by atoms with Crippen molar-refractivity contribution in [1.29, 1.82) is 0 Å². The Morgan fingerprint density at radius 3 is 3.00 bits per heavy atom. The van der Waals surface area contributed by atoms with E-state index in [9.17, 15) is 9.90 Å². The zero-order valence-electron chi connectivity index (χ0n) is 10.5. The van der Waals surface area contributed by atoms with Crippen molar-refractivity contribution in [3.8, 4) is 0 Å². The Morgan fingerprint density at radius 2 is 2.35 bits per heavy atom. The maximum Gasteiger partial charge on any atom is 0.346 e. The van der Waals surface area contributed by atoms with Crippen molar-refractivity contribution in [3.05, 3.63) is 43.3 Å². The molecule has 0 aliphatic carbocycles. The number of rotatable bonds is 3. The fourth-order valence-corrected chi connectivity index (χ4v) is 4.21. The van der Waals surface area contributed by atoms with Crippen molar-refractivity contribution < 1.29 is 9.90 Å². The van der Waals surface area contributed by atoms with Crippen molar-refractivity contribution in [2.45, 2.75) is 13.3 Å². The molecule has 0 radical (unpaired) electrons. The Kier molecular flexibility index (Phi) is 3.41. The number of carbonyl (C=O) groups is 1. The van der Waals surface area contributed by atoms with Crippen LogP contribution in [0.2, 0.25) is 0 Å². The molecule has 0 unspecified atom stereocenters. The van der Waals surface area contributed by atoms with E-state index in [2.05, 4.69) is 15.3 Å². The average Bonchev–Trinajstić information content (AvgIpc) is 2.97. The van der Waals surface area contributed by atoms with Gasteiger partial charge < -0.3 is 10.1 Å². The SMILES string of the molecule is Cc1c(C(=O)O)sc2nc(Cc3ccsc3)[nH]c(=S)c12. The highest BCUT2D eigenvalue weighted by Gasteiger charge is 2.17. The number of nitrogens with one attached hydrogen (secondary N) is 1. The summed E-state index contributed by atoms with van der Waals surface area (Å²) in [5.74, 6) is -0.168. The number of thiophene rings is 2. The molecule has 0 saturated carbocycles. The zero-order chi connectivity index (χ0) is 14.3. The lowest BCUT2D eigenvalue weighted by Crippen LogP contribution is -1.96. The molecule has 20 heavy (non-hydrogen) atoms. The van der Waals surface area contributed by atoms with Gasteiger partial charge in [-0.25, -0.2) is 9.78 Å². The van der Waals surface area contributed by atoms with Crippen LogP contribution in [-0.4, -0.2) is 21.0 Å². The standard InChI is InChI=1S/C13H10N2O2S3/c1-6-9-11(18)14-8(4-7-2-3-19-5-7)15-12(9)20-10(6)13(16)17/h2-3,5H,4H2,1H3,(H,16,17)(H,14,15,18). The number of carboxylic acid groups (broad SMARTS) is 1. The molecule has 3 aromatic rings. The third kappa shape index (κ3) is 2.28. The van der Waals surface area contributed by atoms with Gasteiger partial charge in [-0.3, -0.25) is 0 Å². The molecule has 3 rings (SSSR count). The normalized spacial score (nSPS) is 11.1. The van der Waals surface area contributed by atoms with Crippen LogP contribution in [-0.2, 0) is 6.42 Å². The molecule has 0 amide bonds. The van der Waals surface area contributed by atoms with E-state index in [4.69, 9.17) is 12.2 Å². The Balaban J connectivity index is 2.14. The summed E-state index contributed by atoms with van der Waals surface area (Å²) in [4.78, 5) is 19.8. The van der Waals surface area contributed by atoms with Crippen molar-refractivity contribution in [2.75, 3.05) is 0 Å². The predicted molar refractivity (Wildman–Crippen MR) is 83.6 cm³/mol. The summed E-state index contributed by atoms with van der Waals surface area (Å²) in [7, 11) is 0. The first kappa shape index (κ1) is 13.4. The summed E-state index contributed by atoms with van der Waals surface area (Å²) in [6.07, 6.45) is 0.669. The molecule has 4 nitrogen and oxygen atoms in total. The van der Waals surface area contributed by atoms with Gasteiger partial charge in [0.05, 0.1) is 0 Å². The number of carboxylic acids is 1. The predicted octanol–water partition coefficient (Wildman–Crippen LogP) is 4.01. The van der Waals surface area contributed by atoms with Crippen LogP contribution in [0.4, 0.5) is 0 Å². The molecule has 7 heteroatoms. The minimum absolute atomic E-state index is 0.305. The van der Waals surface area contributed by atoms with Crippen LogP contribution in [0.25, 0.3) is 10.2 Å². The molecule has 0 saturated heterocycles. The number of H-pyrrole nitrogens is 1. The maximum atomic E-state index is 11.2. The Bertz CT molecular complexity index is 846. The Morgan fingerprint density at radius 1 is 1.55 bits per heavy atom. The minimum Gasteiger partial charge on any atom is -0.477 e. The second kappa shape index (κ2) is 5.08. The summed E-state index contributed by atoms with van der Waals surface area (Å²) in [6, 6.07) is 2.04. The quantitative estimate of drug-likeness (QED) is 0.715. The monoisotopic (exact) mass is 322 g/mol. The van der Waals surface area contributed by atoms with Gasteiger partial charge in [-0.1, -0.05) is 12.2 Å². The highest BCUT2D eigenvalue weighted by molar-refractivity contribution is 7.71. The number of hydrogen-bond acceptors (Lipinski definition) is 5. The van der Waals surface area contributed by atoms with E-state index < -0.39 is 5.97 Å². The van der Waals surface area contributed by atoms with E-state index in [-0.39, 0.29) is 0 Å². The molecule has 2 N–H and O–H groups in total. The zero-order valence-corrected chi connectivity index (χ0v) is 12.9. The number of hydrogen-bond donors (Lipinski definition) is 2. The molecular formula is C13H10N2O2S3. The summed E-state index contributed by atoms with van der Waals surface area (Å²) >= 11 is 8.16. The van der Waals surface area contributed by atoms with E-state index >= 15 is 0 Å². The number of aromatic carboxylic acids is 1. The number of aryl methyl sites for hydroxylation is 1. The first-order valence-corrected chi connectivity index (χ1v) is 7.99. The third-order valence-corrected chi connectivity index (χ3v) is 5.21. The Labute approximate surface area is 127 Å². The fraction of sp³-hybridized carbons (Fsp3) is 0.154. The molecule has 0 spiro atoms. The van der Waals surface area contributed by atoms with Gasteiger partial charge in [0.2, 0.25) is 0 Å². The molecule has 0 bridgehead atoms. The van der Waals surface area contributed by atoms with E-state index in [1.165, 1.54) is 16.9 Å². The van der Waals surface area contributed by atoms with Gasteiger partial charge in [-0.15, -0.1) is 11.3 Å². The number of fused-ring (bicyclic) bond motifs is 1. The van der Waals surface area contributed by atoms with Crippen LogP contribution in [0.5, 0.6) is 0 Å². The second-order valence-electron chi connectivity index (χ2n) is 4.36. The largest absolute Gasteiger partial charge is 0.477 e. The maximum absolute atomic E-state index is 11.2. The summed E-state index contributed by atoms with van der Waals surface area (Å²) in [5, 5.41) is 14.0. The van der Waals surface area contributed by atoms with Gasteiger partial charge in [0.25, 0.3) is 0 Å².